The topological polar surface area (TPSA) is 55.6 Å². The molecule has 2 heterocycles. The standard InChI is InChI=1S/C18H14FN5/c19-16-4-1-3-15-17(16)21-12-22-18(15)20-11-13-5-7-14(8-6-13)24-10-2-9-23-24/h1-10,12H,11H2,(H,20,21,22). The average Bonchev–Trinajstić information content (AvgIpc) is 3.15. The molecule has 0 amide bonds. The highest BCUT2D eigenvalue weighted by Gasteiger charge is 2.07. The molecule has 6 heteroatoms. The van der Waals surface area contributed by atoms with E-state index in [1.54, 1.807) is 16.9 Å². The van der Waals surface area contributed by atoms with E-state index in [1.165, 1.54) is 12.4 Å². The van der Waals surface area contributed by atoms with Gasteiger partial charge in [-0.3, -0.25) is 0 Å². The van der Waals surface area contributed by atoms with Crippen LogP contribution < -0.4 is 5.32 Å². The summed E-state index contributed by atoms with van der Waals surface area (Å²) in [6, 6.07) is 14.8. The first-order chi connectivity index (χ1) is 11.8. The maximum absolute atomic E-state index is 13.8. The second-order valence-corrected chi connectivity index (χ2v) is 5.33. The van der Waals surface area contributed by atoms with Crippen LogP contribution in [0.5, 0.6) is 0 Å². The first-order valence-corrected chi connectivity index (χ1v) is 7.53. The summed E-state index contributed by atoms with van der Waals surface area (Å²) < 4.78 is 15.6. The Balaban J connectivity index is 1.54. The third-order valence-corrected chi connectivity index (χ3v) is 3.78. The van der Waals surface area contributed by atoms with Crippen LogP contribution in [0.15, 0.2) is 67.3 Å². The number of hydrogen-bond donors (Lipinski definition) is 1. The van der Waals surface area contributed by atoms with Crippen LogP contribution in [-0.2, 0) is 6.54 Å². The highest BCUT2D eigenvalue weighted by atomic mass is 19.1. The molecule has 2 aromatic heterocycles. The number of benzene rings is 2. The molecule has 0 saturated heterocycles. The van der Waals surface area contributed by atoms with E-state index in [4.69, 9.17) is 0 Å². The fraction of sp³-hybridized carbons (Fsp3) is 0.0556. The van der Waals surface area contributed by atoms with Gasteiger partial charge in [0.1, 0.15) is 23.5 Å². The molecule has 0 unspecified atom stereocenters. The Bertz CT molecular complexity index is 965. The van der Waals surface area contributed by atoms with E-state index in [0.29, 0.717) is 23.3 Å². The molecular formula is C18H14FN5. The number of anilines is 1. The van der Waals surface area contributed by atoms with Gasteiger partial charge in [0.25, 0.3) is 0 Å². The van der Waals surface area contributed by atoms with E-state index in [-0.39, 0.29) is 5.82 Å². The van der Waals surface area contributed by atoms with E-state index in [1.807, 2.05) is 42.6 Å². The van der Waals surface area contributed by atoms with Gasteiger partial charge in [0.2, 0.25) is 0 Å². The Morgan fingerprint density at radius 2 is 1.88 bits per heavy atom. The molecule has 0 bridgehead atoms. The quantitative estimate of drug-likeness (QED) is 0.625. The third kappa shape index (κ3) is 2.69. The van der Waals surface area contributed by atoms with Crippen LogP contribution in [-0.4, -0.2) is 19.7 Å². The summed E-state index contributed by atoms with van der Waals surface area (Å²) >= 11 is 0. The smallest absolute Gasteiger partial charge is 0.149 e. The zero-order chi connectivity index (χ0) is 16.4. The number of nitrogens with one attached hydrogen (secondary N) is 1. The van der Waals surface area contributed by atoms with Gasteiger partial charge < -0.3 is 5.32 Å². The summed E-state index contributed by atoms with van der Waals surface area (Å²) in [6.45, 7) is 0.585. The summed E-state index contributed by atoms with van der Waals surface area (Å²) in [7, 11) is 0. The van der Waals surface area contributed by atoms with E-state index in [9.17, 15) is 4.39 Å². The van der Waals surface area contributed by atoms with Crippen molar-refractivity contribution in [2.45, 2.75) is 6.54 Å². The molecule has 24 heavy (non-hydrogen) atoms. The second-order valence-electron chi connectivity index (χ2n) is 5.33. The molecule has 0 spiro atoms. The molecule has 5 nitrogen and oxygen atoms in total. The van der Waals surface area contributed by atoms with Crippen molar-refractivity contribution in [1.82, 2.24) is 19.7 Å². The highest BCUT2D eigenvalue weighted by Crippen LogP contribution is 2.21. The van der Waals surface area contributed by atoms with E-state index >= 15 is 0 Å². The van der Waals surface area contributed by atoms with E-state index in [2.05, 4.69) is 20.4 Å². The molecule has 118 valence electrons. The molecule has 0 aliphatic rings. The van der Waals surface area contributed by atoms with Crippen LogP contribution in [0.2, 0.25) is 0 Å². The number of para-hydroxylation sites is 1. The van der Waals surface area contributed by atoms with Gasteiger partial charge in [-0.25, -0.2) is 19.0 Å². The summed E-state index contributed by atoms with van der Waals surface area (Å²) in [4.78, 5) is 8.22. The minimum absolute atomic E-state index is 0.323. The number of fused-ring (bicyclic) bond motifs is 1. The van der Waals surface area contributed by atoms with Crippen molar-refractivity contribution in [2.24, 2.45) is 0 Å². The highest BCUT2D eigenvalue weighted by molar-refractivity contribution is 5.89. The Hall–Kier alpha value is -3.28. The van der Waals surface area contributed by atoms with Crippen molar-refractivity contribution >= 4 is 16.7 Å². The Labute approximate surface area is 137 Å². The molecule has 0 atom stereocenters. The molecule has 4 aromatic rings. The van der Waals surface area contributed by atoms with Crippen LogP contribution in [0.1, 0.15) is 5.56 Å². The lowest BCUT2D eigenvalue weighted by atomic mass is 10.2. The number of nitrogens with zero attached hydrogens (tertiary/aromatic N) is 4. The van der Waals surface area contributed by atoms with Crippen molar-refractivity contribution in [1.29, 1.82) is 0 Å². The lowest BCUT2D eigenvalue weighted by Gasteiger charge is -2.09. The molecule has 0 fully saturated rings. The minimum Gasteiger partial charge on any atom is -0.365 e. The maximum atomic E-state index is 13.8. The monoisotopic (exact) mass is 319 g/mol. The van der Waals surface area contributed by atoms with Crippen molar-refractivity contribution < 1.29 is 4.39 Å². The molecular weight excluding hydrogens is 305 g/mol. The lowest BCUT2D eigenvalue weighted by Crippen LogP contribution is -2.03. The molecule has 1 N–H and O–H groups in total. The fourth-order valence-corrected chi connectivity index (χ4v) is 2.57. The predicted molar refractivity (Wildman–Crippen MR) is 90.4 cm³/mol. The number of aromatic nitrogens is 4. The van der Waals surface area contributed by atoms with E-state index < -0.39 is 0 Å². The minimum atomic E-state index is -0.346. The molecule has 0 aliphatic heterocycles. The zero-order valence-corrected chi connectivity index (χ0v) is 12.7. The van der Waals surface area contributed by atoms with Gasteiger partial charge in [-0.05, 0) is 35.9 Å². The Morgan fingerprint density at radius 1 is 1.00 bits per heavy atom. The largest absolute Gasteiger partial charge is 0.365 e. The van der Waals surface area contributed by atoms with Crippen molar-refractivity contribution in [2.75, 3.05) is 5.32 Å². The average molecular weight is 319 g/mol. The third-order valence-electron chi connectivity index (χ3n) is 3.78. The van der Waals surface area contributed by atoms with Gasteiger partial charge in [0.05, 0.1) is 5.69 Å². The van der Waals surface area contributed by atoms with Crippen LogP contribution in [0.25, 0.3) is 16.6 Å². The van der Waals surface area contributed by atoms with Crippen molar-refractivity contribution in [3.63, 3.8) is 0 Å². The number of hydrogen-bond acceptors (Lipinski definition) is 4. The van der Waals surface area contributed by atoms with Crippen LogP contribution in [0.4, 0.5) is 10.2 Å². The summed E-state index contributed by atoms with van der Waals surface area (Å²) in [6.07, 6.45) is 5.01. The van der Waals surface area contributed by atoms with Crippen LogP contribution in [0, 0.1) is 5.82 Å². The van der Waals surface area contributed by atoms with Gasteiger partial charge in [-0.1, -0.05) is 18.2 Å². The summed E-state index contributed by atoms with van der Waals surface area (Å²) in [5, 5.41) is 8.12. The van der Waals surface area contributed by atoms with Crippen molar-refractivity contribution in [3.8, 4) is 5.69 Å². The number of halogens is 1. The first kappa shape index (κ1) is 14.3. The normalized spacial score (nSPS) is 10.9. The maximum Gasteiger partial charge on any atom is 0.149 e. The van der Waals surface area contributed by atoms with Crippen LogP contribution in [0.3, 0.4) is 0 Å². The molecule has 0 aliphatic carbocycles. The van der Waals surface area contributed by atoms with Gasteiger partial charge >= 0.3 is 0 Å². The number of rotatable bonds is 4. The molecule has 4 rings (SSSR count). The predicted octanol–water partition coefficient (Wildman–Crippen LogP) is 3.57. The van der Waals surface area contributed by atoms with E-state index in [0.717, 1.165) is 11.3 Å². The molecule has 2 aromatic carbocycles. The van der Waals surface area contributed by atoms with Gasteiger partial charge in [0, 0.05) is 24.3 Å². The SMILES string of the molecule is Fc1cccc2c(NCc3ccc(-n4cccn4)cc3)ncnc12. The summed E-state index contributed by atoms with van der Waals surface area (Å²) in [5.41, 5.74) is 2.41. The Morgan fingerprint density at radius 3 is 2.67 bits per heavy atom. The zero-order valence-electron chi connectivity index (χ0n) is 12.7. The summed E-state index contributed by atoms with van der Waals surface area (Å²) in [5.74, 6) is 0.275. The fourth-order valence-electron chi connectivity index (χ4n) is 2.57. The second kappa shape index (κ2) is 6.08. The van der Waals surface area contributed by atoms with Crippen molar-refractivity contribution in [3.05, 3.63) is 78.6 Å². The first-order valence-electron chi connectivity index (χ1n) is 7.53. The van der Waals surface area contributed by atoms with Gasteiger partial charge in [-0.2, -0.15) is 5.10 Å². The van der Waals surface area contributed by atoms with Gasteiger partial charge in [-0.15, -0.1) is 0 Å². The van der Waals surface area contributed by atoms with Gasteiger partial charge in [0.15, 0.2) is 0 Å². The molecule has 0 saturated carbocycles. The lowest BCUT2D eigenvalue weighted by molar-refractivity contribution is 0.636. The molecule has 0 radical (unpaired) electrons. The van der Waals surface area contributed by atoms with Crippen LogP contribution >= 0.6 is 0 Å². The Kier molecular flexibility index (Phi) is 3.63.